The van der Waals surface area contributed by atoms with E-state index in [0.29, 0.717) is 22.3 Å². The number of aryl methyl sites for hydroxylation is 1. The fourth-order valence-electron chi connectivity index (χ4n) is 3.00. The minimum atomic E-state index is -0.436. The third-order valence-corrected chi connectivity index (χ3v) is 6.79. The summed E-state index contributed by atoms with van der Waals surface area (Å²) in [4.78, 5) is 32.6. The van der Waals surface area contributed by atoms with Crippen LogP contribution in [0.1, 0.15) is 16.9 Å². The first kappa shape index (κ1) is 22.9. The summed E-state index contributed by atoms with van der Waals surface area (Å²) in [6.45, 7) is 3.34. The van der Waals surface area contributed by atoms with Crippen LogP contribution < -0.4 is 9.64 Å². The van der Waals surface area contributed by atoms with E-state index in [9.17, 15) is 14.9 Å². The Morgan fingerprint density at radius 3 is 2.65 bits per heavy atom. The Kier molecular flexibility index (Phi) is 7.37. The lowest BCUT2D eigenvalue weighted by Gasteiger charge is -2.19. The lowest BCUT2D eigenvalue weighted by atomic mass is 10.2. The smallest absolute Gasteiger partial charge is 0.324 e. The second kappa shape index (κ2) is 9.99. The summed E-state index contributed by atoms with van der Waals surface area (Å²) in [7, 11) is 5.58. The molecule has 0 saturated carbocycles. The van der Waals surface area contributed by atoms with Crippen LogP contribution in [-0.4, -0.2) is 55.0 Å². The summed E-state index contributed by atoms with van der Waals surface area (Å²) in [5.41, 5.74) is 1.81. The van der Waals surface area contributed by atoms with E-state index >= 15 is 0 Å². The van der Waals surface area contributed by atoms with E-state index in [1.54, 1.807) is 24.2 Å². The number of rotatable bonds is 9. The minimum absolute atomic E-state index is 0.0451. The lowest BCUT2D eigenvalue weighted by molar-refractivity contribution is -0.380. The van der Waals surface area contributed by atoms with Crippen molar-refractivity contribution in [1.82, 2.24) is 9.88 Å². The van der Waals surface area contributed by atoms with Crippen molar-refractivity contribution >= 4 is 55.0 Å². The summed E-state index contributed by atoms with van der Waals surface area (Å²) in [5.74, 6) is 0.454. The molecule has 1 aromatic carbocycles. The third-order valence-electron chi connectivity index (χ3n) is 4.58. The highest BCUT2D eigenvalue weighted by Gasteiger charge is 2.20. The fraction of sp³-hybridized carbons (Fsp3) is 0.333. The summed E-state index contributed by atoms with van der Waals surface area (Å²) in [6, 6.07) is 6.93. The molecule has 3 aromatic rings. The number of nitro groups is 1. The van der Waals surface area contributed by atoms with Gasteiger partial charge in [-0.1, -0.05) is 28.7 Å². The number of benzene rings is 1. The maximum absolute atomic E-state index is 13.1. The first-order chi connectivity index (χ1) is 14.8. The normalized spacial score (nSPS) is 11.5. The van der Waals surface area contributed by atoms with Crippen molar-refractivity contribution in [2.45, 2.75) is 13.3 Å². The highest BCUT2D eigenvalue weighted by Crippen LogP contribution is 2.36. The van der Waals surface area contributed by atoms with E-state index in [2.05, 4.69) is 4.90 Å². The van der Waals surface area contributed by atoms with Crippen LogP contribution in [0.5, 0.6) is 5.75 Å². The van der Waals surface area contributed by atoms with Crippen molar-refractivity contribution in [1.29, 1.82) is 0 Å². The molecule has 0 radical (unpaired) electrons. The Labute approximate surface area is 188 Å². The van der Waals surface area contributed by atoms with Gasteiger partial charge in [0.15, 0.2) is 5.13 Å². The number of fused-ring (bicyclic) bond motifs is 1. The number of aromatic nitrogens is 1. The molecule has 3 rings (SSSR count). The SMILES string of the molecule is COc1ccc(C)c2sc(N(CCCN(C)C)C(=O)C=Cc3ccc([N+](=O)[O-])s3)nc12. The molecule has 0 saturated heterocycles. The van der Waals surface area contributed by atoms with E-state index in [1.807, 2.05) is 33.2 Å². The largest absolute Gasteiger partial charge is 0.494 e. The summed E-state index contributed by atoms with van der Waals surface area (Å²) in [6.07, 6.45) is 3.84. The van der Waals surface area contributed by atoms with Gasteiger partial charge in [-0.3, -0.25) is 19.8 Å². The number of anilines is 1. The Morgan fingerprint density at radius 2 is 2.00 bits per heavy atom. The first-order valence-electron chi connectivity index (χ1n) is 9.63. The second-order valence-electron chi connectivity index (χ2n) is 7.17. The maximum Gasteiger partial charge on any atom is 0.324 e. The molecule has 0 bridgehead atoms. The molecule has 0 aliphatic carbocycles. The van der Waals surface area contributed by atoms with Gasteiger partial charge in [0.05, 0.1) is 16.7 Å². The topological polar surface area (TPSA) is 88.8 Å². The van der Waals surface area contributed by atoms with Crippen molar-refractivity contribution in [2.24, 2.45) is 0 Å². The molecule has 10 heteroatoms. The maximum atomic E-state index is 13.1. The van der Waals surface area contributed by atoms with E-state index in [-0.39, 0.29) is 10.9 Å². The number of ether oxygens (including phenoxy) is 1. The Balaban J connectivity index is 1.90. The monoisotopic (exact) mass is 460 g/mol. The van der Waals surface area contributed by atoms with Crippen LogP contribution in [0.4, 0.5) is 10.1 Å². The number of nitrogens with zero attached hydrogens (tertiary/aromatic N) is 4. The number of methoxy groups -OCH3 is 1. The summed E-state index contributed by atoms with van der Waals surface area (Å²) in [5, 5.41) is 11.5. The van der Waals surface area contributed by atoms with Gasteiger partial charge in [-0.15, -0.1) is 0 Å². The van der Waals surface area contributed by atoms with Crippen molar-refractivity contribution in [3.63, 3.8) is 0 Å². The molecule has 0 unspecified atom stereocenters. The van der Waals surface area contributed by atoms with Crippen LogP contribution in [0.2, 0.25) is 0 Å². The van der Waals surface area contributed by atoms with E-state index in [4.69, 9.17) is 9.72 Å². The molecule has 164 valence electrons. The number of hydrogen-bond donors (Lipinski definition) is 0. The highest BCUT2D eigenvalue weighted by atomic mass is 32.1. The van der Waals surface area contributed by atoms with Gasteiger partial charge in [-0.2, -0.15) is 0 Å². The molecule has 0 spiro atoms. The van der Waals surface area contributed by atoms with Crippen molar-refractivity contribution in [2.75, 3.05) is 39.2 Å². The van der Waals surface area contributed by atoms with Crippen LogP contribution in [0.15, 0.2) is 30.3 Å². The molecule has 8 nitrogen and oxygen atoms in total. The quantitative estimate of drug-likeness (QED) is 0.264. The van der Waals surface area contributed by atoms with Crippen LogP contribution in [0.3, 0.4) is 0 Å². The molecule has 2 heterocycles. The Bertz CT molecular complexity index is 1120. The van der Waals surface area contributed by atoms with Crippen LogP contribution in [0.25, 0.3) is 16.3 Å². The van der Waals surface area contributed by atoms with Gasteiger partial charge in [-0.05, 0) is 57.8 Å². The van der Waals surface area contributed by atoms with Crippen molar-refractivity contribution in [3.05, 3.63) is 50.9 Å². The summed E-state index contributed by atoms with van der Waals surface area (Å²) < 4.78 is 6.43. The molecule has 0 atom stereocenters. The number of carbonyl (C=O) groups excluding carboxylic acids is 1. The number of hydrogen-bond acceptors (Lipinski definition) is 8. The minimum Gasteiger partial charge on any atom is -0.494 e. The van der Waals surface area contributed by atoms with Gasteiger partial charge in [-0.25, -0.2) is 4.98 Å². The standard InChI is InChI=1S/C21H24N4O4S2/c1-14-6-9-16(29-4)19-20(14)31-21(22-19)24(13-5-12-23(2)3)17(26)10-7-15-8-11-18(30-15)25(27)28/h6-11H,5,12-13H2,1-4H3. The number of carbonyl (C=O) groups is 1. The fourth-order valence-corrected chi connectivity index (χ4v) is 4.80. The Hall–Kier alpha value is -2.82. The predicted octanol–water partition coefficient (Wildman–Crippen LogP) is 4.58. The first-order valence-corrected chi connectivity index (χ1v) is 11.3. The molecule has 0 fully saturated rings. The molecule has 2 aromatic heterocycles. The molecular weight excluding hydrogens is 436 g/mol. The van der Waals surface area contributed by atoms with E-state index < -0.39 is 4.92 Å². The highest BCUT2D eigenvalue weighted by molar-refractivity contribution is 7.22. The van der Waals surface area contributed by atoms with Crippen molar-refractivity contribution < 1.29 is 14.5 Å². The molecule has 31 heavy (non-hydrogen) atoms. The van der Waals surface area contributed by atoms with Crippen LogP contribution in [-0.2, 0) is 4.79 Å². The second-order valence-corrected chi connectivity index (χ2v) is 9.24. The number of thiophene rings is 1. The molecule has 0 N–H and O–H groups in total. The summed E-state index contributed by atoms with van der Waals surface area (Å²) >= 11 is 2.49. The zero-order valence-corrected chi connectivity index (χ0v) is 19.5. The third kappa shape index (κ3) is 5.46. The zero-order chi connectivity index (χ0) is 22.5. The number of thiazole rings is 1. The van der Waals surface area contributed by atoms with E-state index in [0.717, 1.165) is 40.1 Å². The number of amides is 1. The Morgan fingerprint density at radius 1 is 1.23 bits per heavy atom. The van der Waals surface area contributed by atoms with Gasteiger partial charge in [0.1, 0.15) is 11.3 Å². The van der Waals surface area contributed by atoms with Gasteiger partial charge in [0.25, 0.3) is 5.91 Å². The predicted molar refractivity (Wildman–Crippen MR) is 126 cm³/mol. The molecular formula is C21H24N4O4S2. The van der Waals surface area contributed by atoms with Gasteiger partial charge in [0.2, 0.25) is 0 Å². The lowest BCUT2D eigenvalue weighted by Crippen LogP contribution is -2.32. The zero-order valence-electron chi connectivity index (χ0n) is 17.8. The molecule has 1 amide bonds. The van der Waals surface area contributed by atoms with Gasteiger partial charge < -0.3 is 9.64 Å². The van der Waals surface area contributed by atoms with Crippen molar-refractivity contribution in [3.8, 4) is 5.75 Å². The van der Waals surface area contributed by atoms with Crippen LogP contribution in [0, 0.1) is 17.0 Å². The molecule has 0 aliphatic heterocycles. The molecule has 0 aliphatic rings. The van der Waals surface area contributed by atoms with E-state index in [1.165, 1.54) is 23.5 Å². The van der Waals surface area contributed by atoms with Gasteiger partial charge in [0, 0.05) is 23.6 Å². The average Bonchev–Trinajstić information content (AvgIpc) is 3.37. The van der Waals surface area contributed by atoms with Gasteiger partial charge >= 0.3 is 5.00 Å². The van der Waals surface area contributed by atoms with Crippen LogP contribution >= 0.6 is 22.7 Å². The average molecular weight is 461 g/mol.